The first-order chi connectivity index (χ1) is 22.8. The van der Waals surface area contributed by atoms with E-state index in [-0.39, 0.29) is 0 Å². The predicted molar refractivity (Wildman–Crippen MR) is 192 cm³/mol. The monoisotopic (exact) mass is 588 g/mol. The number of fused-ring (bicyclic) bond motifs is 7. The Hall–Kier alpha value is -6.19. The molecule has 9 rings (SSSR count). The largest absolute Gasteiger partial charge is 0.435 e. The SMILES string of the molecule is c1ccc(-c2nc3c4ccc(N(c5ccccc5)c5ccc(-c6cccc7ccccc67)cc5)cc4c4ccccc4c3o2)cc1. The summed E-state index contributed by atoms with van der Waals surface area (Å²) >= 11 is 0. The van der Waals surface area contributed by atoms with Crippen molar-refractivity contribution in [2.24, 2.45) is 0 Å². The van der Waals surface area contributed by atoms with Crippen LogP contribution in [0.2, 0.25) is 0 Å². The van der Waals surface area contributed by atoms with E-state index in [9.17, 15) is 0 Å². The van der Waals surface area contributed by atoms with Gasteiger partial charge in [-0.2, -0.15) is 0 Å². The zero-order valence-corrected chi connectivity index (χ0v) is 25.0. The van der Waals surface area contributed by atoms with Gasteiger partial charge in [-0.15, -0.1) is 0 Å². The molecule has 0 saturated heterocycles. The van der Waals surface area contributed by atoms with Crippen LogP contribution in [-0.2, 0) is 0 Å². The summed E-state index contributed by atoms with van der Waals surface area (Å²) in [6.07, 6.45) is 0. The molecule has 0 amide bonds. The average molecular weight is 589 g/mol. The summed E-state index contributed by atoms with van der Waals surface area (Å²) in [5.41, 5.74) is 8.36. The van der Waals surface area contributed by atoms with Gasteiger partial charge in [0.25, 0.3) is 0 Å². The van der Waals surface area contributed by atoms with E-state index in [0.29, 0.717) is 5.89 Å². The highest BCUT2D eigenvalue weighted by atomic mass is 16.3. The number of aromatic nitrogens is 1. The van der Waals surface area contributed by atoms with E-state index in [4.69, 9.17) is 9.40 Å². The summed E-state index contributed by atoms with van der Waals surface area (Å²) in [5, 5.41) is 6.91. The van der Waals surface area contributed by atoms with E-state index < -0.39 is 0 Å². The fraction of sp³-hybridized carbons (Fsp3) is 0. The molecule has 0 atom stereocenters. The predicted octanol–water partition coefficient (Wildman–Crippen LogP) is 12.1. The van der Waals surface area contributed by atoms with E-state index in [2.05, 4.69) is 144 Å². The quantitative estimate of drug-likeness (QED) is 0.187. The van der Waals surface area contributed by atoms with Crippen LogP contribution in [0.3, 0.4) is 0 Å². The fourth-order valence-electron chi connectivity index (χ4n) is 6.70. The maximum atomic E-state index is 6.44. The van der Waals surface area contributed by atoms with Crippen LogP contribution in [0.5, 0.6) is 0 Å². The number of anilines is 3. The Bertz CT molecular complexity index is 2510. The summed E-state index contributed by atoms with van der Waals surface area (Å²) in [5.74, 6) is 0.634. The normalized spacial score (nSPS) is 11.5. The minimum Gasteiger partial charge on any atom is -0.435 e. The first-order valence-electron chi connectivity index (χ1n) is 15.6. The highest BCUT2D eigenvalue weighted by Gasteiger charge is 2.19. The van der Waals surface area contributed by atoms with Crippen molar-refractivity contribution in [2.75, 3.05) is 4.90 Å². The van der Waals surface area contributed by atoms with Crippen molar-refractivity contribution >= 4 is 60.5 Å². The zero-order valence-electron chi connectivity index (χ0n) is 25.0. The van der Waals surface area contributed by atoms with Gasteiger partial charge in [-0.05, 0) is 87.3 Å². The summed E-state index contributed by atoms with van der Waals surface area (Å²) < 4.78 is 6.44. The minimum absolute atomic E-state index is 0.634. The molecule has 46 heavy (non-hydrogen) atoms. The van der Waals surface area contributed by atoms with Gasteiger partial charge in [0.2, 0.25) is 5.89 Å². The summed E-state index contributed by atoms with van der Waals surface area (Å²) in [4.78, 5) is 7.35. The molecule has 0 saturated carbocycles. The first-order valence-corrected chi connectivity index (χ1v) is 15.6. The lowest BCUT2D eigenvalue weighted by Crippen LogP contribution is -2.09. The Labute approximate surface area is 266 Å². The van der Waals surface area contributed by atoms with Crippen LogP contribution in [0.25, 0.3) is 66.0 Å². The maximum absolute atomic E-state index is 6.44. The van der Waals surface area contributed by atoms with Crippen LogP contribution < -0.4 is 4.90 Å². The molecule has 1 aromatic heterocycles. The summed E-state index contributed by atoms with van der Waals surface area (Å²) in [6.45, 7) is 0. The lowest BCUT2D eigenvalue weighted by atomic mass is 9.97. The van der Waals surface area contributed by atoms with Crippen molar-refractivity contribution in [1.29, 1.82) is 0 Å². The molecule has 1 heterocycles. The molecule has 0 aliphatic heterocycles. The van der Waals surface area contributed by atoms with Gasteiger partial charge in [0.1, 0.15) is 5.52 Å². The number of nitrogens with zero attached hydrogens (tertiary/aromatic N) is 2. The molecular weight excluding hydrogens is 560 g/mol. The minimum atomic E-state index is 0.634. The zero-order chi connectivity index (χ0) is 30.5. The Morgan fingerprint density at radius 1 is 0.413 bits per heavy atom. The Morgan fingerprint density at radius 3 is 1.85 bits per heavy atom. The Morgan fingerprint density at radius 2 is 1.04 bits per heavy atom. The molecule has 0 unspecified atom stereocenters. The second kappa shape index (κ2) is 10.8. The van der Waals surface area contributed by atoms with Crippen LogP contribution >= 0.6 is 0 Å². The van der Waals surface area contributed by atoms with E-state index in [1.165, 1.54) is 21.9 Å². The smallest absolute Gasteiger partial charge is 0.227 e. The van der Waals surface area contributed by atoms with Crippen molar-refractivity contribution in [3.8, 4) is 22.6 Å². The maximum Gasteiger partial charge on any atom is 0.227 e. The molecule has 216 valence electrons. The molecule has 0 bridgehead atoms. The molecule has 0 fully saturated rings. The molecule has 3 nitrogen and oxygen atoms in total. The number of benzene rings is 8. The molecule has 9 aromatic rings. The molecule has 0 aliphatic rings. The van der Waals surface area contributed by atoms with Crippen LogP contribution in [0.4, 0.5) is 17.1 Å². The molecule has 0 N–H and O–H groups in total. The van der Waals surface area contributed by atoms with Crippen molar-refractivity contribution in [3.63, 3.8) is 0 Å². The van der Waals surface area contributed by atoms with E-state index >= 15 is 0 Å². The molecule has 3 heteroatoms. The highest BCUT2D eigenvalue weighted by Crippen LogP contribution is 2.42. The van der Waals surface area contributed by atoms with E-state index in [1.807, 2.05) is 30.3 Å². The Kier molecular flexibility index (Phi) is 6.14. The van der Waals surface area contributed by atoms with Crippen molar-refractivity contribution in [3.05, 3.63) is 170 Å². The van der Waals surface area contributed by atoms with Gasteiger partial charge in [0.05, 0.1) is 0 Å². The lowest BCUT2D eigenvalue weighted by Gasteiger charge is -2.26. The third-order valence-electron chi connectivity index (χ3n) is 8.87. The summed E-state index contributed by atoms with van der Waals surface area (Å²) in [7, 11) is 0. The number of oxazole rings is 1. The van der Waals surface area contributed by atoms with Crippen LogP contribution in [0.15, 0.2) is 174 Å². The van der Waals surface area contributed by atoms with Gasteiger partial charge in [-0.1, -0.05) is 115 Å². The van der Waals surface area contributed by atoms with Crippen LogP contribution in [-0.4, -0.2) is 4.98 Å². The average Bonchev–Trinajstić information content (AvgIpc) is 3.59. The number of rotatable bonds is 5. The van der Waals surface area contributed by atoms with Gasteiger partial charge >= 0.3 is 0 Å². The molecule has 0 spiro atoms. The van der Waals surface area contributed by atoms with E-state index in [1.54, 1.807) is 0 Å². The van der Waals surface area contributed by atoms with Crippen LogP contribution in [0.1, 0.15) is 0 Å². The van der Waals surface area contributed by atoms with Crippen molar-refractivity contribution in [2.45, 2.75) is 0 Å². The third-order valence-corrected chi connectivity index (χ3v) is 8.87. The second-order valence-corrected chi connectivity index (χ2v) is 11.6. The standard InChI is InChI=1S/C43H28N2O/c1-3-13-31(14-4-1)43-44-41-38-27-26-34(28-40(38)37-19-9-10-20-39(37)42(41)46-43)45(32-16-5-2-6-17-32)33-24-22-30(23-25-33)36-21-11-15-29-12-7-8-18-35(29)36/h1-28H. The molecule has 8 aromatic carbocycles. The van der Waals surface area contributed by atoms with Gasteiger partial charge in [-0.3, -0.25) is 0 Å². The van der Waals surface area contributed by atoms with Crippen molar-refractivity contribution in [1.82, 2.24) is 4.98 Å². The first kappa shape index (κ1) is 26.2. The highest BCUT2D eigenvalue weighted by molar-refractivity contribution is 6.23. The third kappa shape index (κ3) is 4.33. The lowest BCUT2D eigenvalue weighted by molar-refractivity contribution is 0.623. The van der Waals surface area contributed by atoms with Gasteiger partial charge < -0.3 is 9.32 Å². The second-order valence-electron chi connectivity index (χ2n) is 11.6. The number of hydrogen-bond donors (Lipinski definition) is 0. The summed E-state index contributed by atoms with van der Waals surface area (Å²) in [6, 6.07) is 59.8. The molecule has 0 aliphatic carbocycles. The fourth-order valence-corrected chi connectivity index (χ4v) is 6.70. The van der Waals surface area contributed by atoms with E-state index in [0.717, 1.165) is 55.3 Å². The molecular formula is C43H28N2O. The molecule has 0 radical (unpaired) electrons. The number of para-hydroxylation sites is 1. The van der Waals surface area contributed by atoms with Gasteiger partial charge in [0, 0.05) is 33.4 Å². The van der Waals surface area contributed by atoms with Gasteiger partial charge in [-0.25, -0.2) is 4.98 Å². The van der Waals surface area contributed by atoms with Gasteiger partial charge in [0.15, 0.2) is 5.58 Å². The number of hydrogen-bond acceptors (Lipinski definition) is 3. The van der Waals surface area contributed by atoms with Crippen LogP contribution in [0, 0.1) is 0 Å². The van der Waals surface area contributed by atoms with Crippen molar-refractivity contribution < 1.29 is 4.42 Å². The Balaban J connectivity index is 1.22. The topological polar surface area (TPSA) is 29.3 Å².